The summed E-state index contributed by atoms with van der Waals surface area (Å²) in [6.07, 6.45) is 3.13. The van der Waals surface area contributed by atoms with E-state index in [1.807, 2.05) is 13.8 Å². The van der Waals surface area contributed by atoms with Gasteiger partial charge in [-0.25, -0.2) is 0 Å². The maximum absolute atomic E-state index is 11.1. The number of carbonyl (C=O) groups excluding carboxylic acids is 1. The first kappa shape index (κ1) is 7.91. The molecule has 11 heavy (non-hydrogen) atoms. The van der Waals surface area contributed by atoms with E-state index in [1.165, 1.54) is 4.80 Å². The molecule has 0 saturated carbocycles. The molecule has 1 heterocycles. The molecule has 1 aromatic rings. The van der Waals surface area contributed by atoms with Crippen LogP contribution in [-0.4, -0.2) is 20.8 Å². The van der Waals surface area contributed by atoms with Crippen LogP contribution in [0.15, 0.2) is 12.4 Å². The number of Topliss-reactive ketones (excluding diaryl/α,β-unsaturated/α-hetero) is 1. The Morgan fingerprint density at radius 2 is 2.00 bits per heavy atom. The molecule has 0 aliphatic heterocycles. The van der Waals surface area contributed by atoms with Gasteiger partial charge in [-0.05, 0) is 0 Å². The van der Waals surface area contributed by atoms with Crippen LogP contribution in [0.4, 0.5) is 0 Å². The average Bonchev–Trinajstić information content (AvgIpc) is 2.39. The van der Waals surface area contributed by atoms with E-state index in [-0.39, 0.29) is 18.2 Å². The summed E-state index contributed by atoms with van der Waals surface area (Å²) in [4.78, 5) is 12.5. The van der Waals surface area contributed by atoms with E-state index in [0.29, 0.717) is 0 Å². The molecule has 0 aliphatic rings. The topological polar surface area (TPSA) is 47.8 Å². The molecule has 60 valence electrons. The minimum absolute atomic E-state index is 0.0565. The first-order chi connectivity index (χ1) is 5.20. The van der Waals surface area contributed by atoms with E-state index in [1.54, 1.807) is 12.4 Å². The van der Waals surface area contributed by atoms with Crippen molar-refractivity contribution in [1.82, 2.24) is 15.0 Å². The molecular weight excluding hydrogens is 142 g/mol. The summed E-state index contributed by atoms with van der Waals surface area (Å²) in [5.74, 6) is 0.210. The van der Waals surface area contributed by atoms with Crippen molar-refractivity contribution in [2.75, 3.05) is 0 Å². The van der Waals surface area contributed by atoms with Gasteiger partial charge in [0.25, 0.3) is 0 Å². The third-order valence-corrected chi connectivity index (χ3v) is 1.41. The third kappa shape index (κ3) is 2.14. The minimum Gasteiger partial charge on any atom is -0.297 e. The van der Waals surface area contributed by atoms with Crippen LogP contribution in [0.5, 0.6) is 0 Å². The lowest BCUT2D eigenvalue weighted by molar-refractivity contribution is -0.122. The van der Waals surface area contributed by atoms with E-state index in [2.05, 4.69) is 10.2 Å². The molecule has 0 fully saturated rings. The van der Waals surface area contributed by atoms with E-state index < -0.39 is 0 Å². The molecule has 0 aliphatic carbocycles. The van der Waals surface area contributed by atoms with Gasteiger partial charge >= 0.3 is 0 Å². The Labute approximate surface area is 65.2 Å². The van der Waals surface area contributed by atoms with Gasteiger partial charge in [0.05, 0.1) is 12.4 Å². The third-order valence-electron chi connectivity index (χ3n) is 1.41. The second kappa shape index (κ2) is 3.27. The molecule has 0 saturated heterocycles. The zero-order valence-electron chi connectivity index (χ0n) is 6.69. The van der Waals surface area contributed by atoms with Gasteiger partial charge in [-0.3, -0.25) is 4.79 Å². The lowest BCUT2D eigenvalue weighted by Crippen LogP contribution is -2.17. The van der Waals surface area contributed by atoms with Crippen LogP contribution in [0.25, 0.3) is 0 Å². The SMILES string of the molecule is CC(C)C(=O)Cn1nccn1. The Morgan fingerprint density at radius 1 is 1.45 bits per heavy atom. The van der Waals surface area contributed by atoms with E-state index >= 15 is 0 Å². The van der Waals surface area contributed by atoms with Gasteiger partial charge in [0, 0.05) is 5.92 Å². The summed E-state index contributed by atoms with van der Waals surface area (Å²) in [7, 11) is 0. The van der Waals surface area contributed by atoms with Crippen molar-refractivity contribution in [1.29, 1.82) is 0 Å². The van der Waals surface area contributed by atoms with Crippen molar-refractivity contribution >= 4 is 5.78 Å². The summed E-state index contributed by atoms with van der Waals surface area (Å²) in [6.45, 7) is 4.02. The lowest BCUT2D eigenvalue weighted by Gasteiger charge is -2.01. The van der Waals surface area contributed by atoms with Gasteiger partial charge in [0.2, 0.25) is 0 Å². The standard InChI is InChI=1S/C7H11N3O/c1-6(2)7(11)5-10-8-3-4-9-10/h3-4,6H,5H2,1-2H3. The lowest BCUT2D eigenvalue weighted by atomic mass is 10.1. The molecule has 4 nitrogen and oxygen atoms in total. The smallest absolute Gasteiger partial charge is 0.158 e. The van der Waals surface area contributed by atoms with Gasteiger partial charge in [-0.1, -0.05) is 13.8 Å². The summed E-state index contributed by atoms with van der Waals surface area (Å²) in [6, 6.07) is 0. The quantitative estimate of drug-likeness (QED) is 0.635. The van der Waals surface area contributed by atoms with Crippen molar-refractivity contribution in [2.24, 2.45) is 5.92 Å². The number of hydrogen-bond donors (Lipinski definition) is 0. The molecule has 1 rings (SSSR count). The van der Waals surface area contributed by atoms with Crippen LogP contribution in [-0.2, 0) is 11.3 Å². The van der Waals surface area contributed by atoms with Crippen LogP contribution in [0, 0.1) is 5.92 Å². The molecular formula is C7H11N3O. The van der Waals surface area contributed by atoms with Crippen molar-refractivity contribution in [3.63, 3.8) is 0 Å². The van der Waals surface area contributed by atoms with Crippen LogP contribution in [0.1, 0.15) is 13.8 Å². The number of carbonyl (C=O) groups is 1. The predicted octanol–water partition coefficient (Wildman–Crippen LogP) is 0.503. The fourth-order valence-electron chi connectivity index (χ4n) is 0.647. The van der Waals surface area contributed by atoms with Crippen molar-refractivity contribution in [3.05, 3.63) is 12.4 Å². The Bertz CT molecular complexity index is 228. The highest BCUT2D eigenvalue weighted by atomic mass is 16.1. The number of aromatic nitrogens is 3. The molecule has 1 aromatic heterocycles. The molecule has 0 N–H and O–H groups in total. The average molecular weight is 153 g/mol. The van der Waals surface area contributed by atoms with Gasteiger partial charge in [-0.2, -0.15) is 15.0 Å². The molecule has 0 atom stereocenters. The highest BCUT2D eigenvalue weighted by Crippen LogP contribution is 1.95. The fraction of sp³-hybridized carbons (Fsp3) is 0.571. The summed E-state index contributed by atoms with van der Waals surface area (Å²) >= 11 is 0. The monoisotopic (exact) mass is 153 g/mol. The number of rotatable bonds is 3. The Balaban J connectivity index is 2.50. The fourth-order valence-corrected chi connectivity index (χ4v) is 0.647. The number of hydrogen-bond acceptors (Lipinski definition) is 3. The summed E-state index contributed by atoms with van der Waals surface area (Å²) in [5, 5.41) is 7.65. The normalized spacial score (nSPS) is 10.5. The van der Waals surface area contributed by atoms with E-state index in [4.69, 9.17) is 0 Å². The first-order valence-electron chi connectivity index (χ1n) is 3.57. The zero-order chi connectivity index (χ0) is 8.27. The number of ketones is 1. The van der Waals surface area contributed by atoms with E-state index in [0.717, 1.165) is 0 Å². The Kier molecular flexibility index (Phi) is 2.36. The minimum atomic E-state index is 0.0565. The van der Waals surface area contributed by atoms with Crippen LogP contribution in [0.3, 0.4) is 0 Å². The molecule has 0 aromatic carbocycles. The zero-order valence-corrected chi connectivity index (χ0v) is 6.69. The van der Waals surface area contributed by atoms with Crippen LogP contribution in [0.2, 0.25) is 0 Å². The van der Waals surface area contributed by atoms with Gasteiger partial charge in [-0.15, -0.1) is 0 Å². The molecule has 4 heteroatoms. The van der Waals surface area contributed by atoms with Crippen LogP contribution < -0.4 is 0 Å². The van der Waals surface area contributed by atoms with Gasteiger partial charge < -0.3 is 0 Å². The maximum Gasteiger partial charge on any atom is 0.158 e. The van der Waals surface area contributed by atoms with Crippen LogP contribution >= 0.6 is 0 Å². The maximum atomic E-state index is 11.1. The van der Waals surface area contributed by atoms with Gasteiger partial charge in [0.15, 0.2) is 5.78 Å². The number of nitrogens with zero attached hydrogens (tertiary/aromatic N) is 3. The van der Waals surface area contributed by atoms with Crippen molar-refractivity contribution in [3.8, 4) is 0 Å². The molecule has 0 amide bonds. The first-order valence-corrected chi connectivity index (χ1v) is 3.57. The molecule has 0 spiro atoms. The molecule has 0 radical (unpaired) electrons. The Hall–Kier alpha value is -1.19. The second-order valence-electron chi connectivity index (χ2n) is 2.68. The summed E-state index contributed by atoms with van der Waals surface area (Å²) < 4.78 is 0. The second-order valence-corrected chi connectivity index (χ2v) is 2.68. The van der Waals surface area contributed by atoms with E-state index in [9.17, 15) is 4.79 Å². The van der Waals surface area contributed by atoms with Gasteiger partial charge in [0.1, 0.15) is 6.54 Å². The predicted molar refractivity (Wildman–Crippen MR) is 39.9 cm³/mol. The Morgan fingerprint density at radius 3 is 2.45 bits per heavy atom. The highest BCUT2D eigenvalue weighted by molar-refractivity contribution is 5.79. The van der Waals surface area contributed by atoms with Crippen molar-refractivity contribution < 1.29 is 4.79 Å². The van der Waals surface area contributed by atoms with Crippen molar-refractivity contribution in [2.45, 2.75) is 20.4 Å². The molecule has 0 bridgehead atoms. The summed E-state index contributed by atoms with van der Waals surface area (Å²) in [5.41, 5.74) is 0. The highest BCUT2D eigenvalue weighted by Gasteiger charge is 2.07. The largest absolute Gasteiger partial charge is 0.297 e. The molecule has 0 unspecified atom stereocenters.